The maximum absolute atomic E-state index is 12.0. The lowest BCUT2D eigenvalue weighted by Gasteiger charge is -2.32. The van der Waals surface area contributed by atoms with Crippen molar-refractivity contribution in [3.8, 4) is 0 Å². The number of hydrogen-bond acceptors (Lipinski definition) is 4. The first-order valence-corrected chi connectivity index (χ1v) is 9.53. The Morgan fingerprint density at radius 1 is 1.35 bits per heavy atom. The Hall–Kier alpha value is -2.15. The summed E-state index contributed by atoms with van der Waals surface area (Å²) >= 11 is 0. The third kappa shape index (κ3) is 7.00. The van der Waals surface area contributed by atoms with Crippen molar-refractivity contribution in [3.05, 3.63) is 23.9 Å². The van der Waals surface area contributed by atoms with E-state index in [-0.39, 0.29) is 5.91 Å². The molecule has 2 heterocycles. The van der Waals surface area contributed by atoms with Gasteiger partial charge in [0.15, 0.2) is 5.96 Å². The van der Waals surface area contributed by atoms with Gasteiger partial charge in [0.25, 0.3) is 0 Å². The van der Waals surface area contributed by atoms with Crippen LogP contribution in [-0.4, -0.2) is 61.0 Å². The van der Waals surface area contributed by atoms with E-state index in [4.69, 9.17) is 0 Å². The van der Waals surface area contributed by atoms with Crippen LogP contribution in [0.5, 0.6) is 0 Å². The summed E-state index contributed by atoms with van der Waals surface area (Å²) in [5.74, 6) is 1.30. The topological polar surface area (TPSA) is 81.6 Å². The Kier molecular flexibility index (Phi) is 8.34. The van der Waals surface area contributed by atoms with E-state index in [9.17, 15) is 4.79 Å². The molecule has 1 aromatic rings. The van der Waals surface area contributed by atoms with Crippen LogP contribution in [0.2, 0.25) is 0 Å². The summed E-state index contributed by atoms with van der Waals surface area (Å²) in [6.07, 6.45) is 3.83. The van der Waals surface area contributed by atoms with Gasteiger partial charge in [0.05, 0.1) is 0 Å². The number of aryl methyl sites for hydroxylation is 1. The van der Waals surface area contributed by atoms with Crippen molar-refractivity contribution in [2.24, 2.45) is 4.99 Å². The van der Waals surface area contributed by atoms with E-state index < -0.39 is 0 Å². The van der Waals surface area contributed by atoms with E-state index >= 15 is 0 Å². The number of carbonyl (C=O) groups excluding carboxylic acids is 1. The van der Waals surface area contributed by atoms with Gasteiger partial charge in [0.1, 0.15) is 5.82 Å². The largest absolute Gasteiger partial charge is 0.356 e. The number of anilines is 1. The van der Waals surface area contributed by atoms with Gasteiger partial charge in [0.2, 0.25) is 5.91 Å². The van der Waals surface area contributed by atoms with E-state index in [1.807, 2.05) is 19.1 Å². The molecule has 1 aromatic heterocycles. The normalized spacial score (nSPS) is 16.3. The third-order valence-corrected chi connectivity index (χ3v) is 4.49. The van der Waals surface area contributed by atoms with Crippen LogP contribution in [0.1, 0.15) is 38.3 Å². The average Bonchev–Trinajstić information content (AvgIpc) is 2.62. The minimum Gasteiger partial charge on any atom is -0.356 e. The maximum atomic E-state index is 12.0. The minimum atomic E-state index is -0.0565. The first-order chi connectivity index (χ1) is 12.6. The van der Waals surface area contributed by atoms with Crippen molar-refractivity contribution < 1.29 is 4.79 Å². The molecule has 0 radical (unpaired) electrons. The van der Waals surface area contributed by atoms with Crippen LogP contribution in [0.25, 0.3) is 0 Å². The molecule has 0 unspecified atom stereocenters. The fourth-order valence-electron chi connectivity index (χ4n) is 3.12. The number of nitrogens with one attached hydrogen (secondary N) is 3. The van der Waals surface area contributed by atoms with Crippen LogP contribution in [-0.2, 0) is 4.79 Å². The van der Waals surface area contributed by atoms with E-state index in [1.165, 1.54) is 13.0 Å². The molecular weight excluding hydrogens is 328 g/mol. The third-order valence-electron chi connectivity index (χ3n) is 4.49. The highest BCUT2D eigenvalue weighted by Crippen LogP contribution is 2.10. The quantitative estimate of drug-likeness (QED) is 0.510. The smallest absolute Gasteiger partial charge is 0.227 e. The van der Waals surface area contributed by atoms with Crippen LogP contribution in [0.4, 0.5) is 5.82 Å². The zero-order chi connectivity index (χ0) is 18.8. The molecule has 2 rings (SSSR count). The van der Waals surface area contributed by atoms with Gasteiger partial charge >= 0.3 is 0 Å². The van der Waals surface area contributed by atoms with Gasteiger partial charge in [-0.1, -0.05) is 13.0 Å². The summed E-state index contributed by atoms with van der Waals surface area (Å²) in [5.41, 5.74) is 0.885. The molecule has 1 saturated heterocycles. The number of rotatable bonds is 7. The highest BCUT2D eigenvalue weighted by molar-refractivity contribution is 5.90. The van der Waals surface area contributed by atoms with Crippen molar-refractivity contribution in [3.63, 3.8) is 0 Å². The lowest BCUT2D eigenvalue weighted by atomic mass is 10.1. The van der Waals surface area contributed by atoms with E-state index in [0.29, 0.717) is 24.8 Å². The van der Waals surface area contributed by atoms with E-state index in [2.05, 4.69) is 37.8 Å². The molecule has 7 nitrogen and oxygen atoms in total. The molecule has 144 valence electrons. The van der Waals surface area contributed by atoms with Gasteiger partial charge in [-0.2, -0.15) is 0 Å². The summed E-state index contributed by atoms with van der Waals surface area (Å²) in [6.45, 7) is 8.11. The van der Waals surface area contributed by atoms with Crippen molar-refractivity contribution in [1.29, 1.82) is 0 Å². The highest BCUT2D eigenvalue weighted by Gasteiger charge is 2.19. The van der Waals surface area contributed by atoms with E-state index in [0.717, 1.165) is 37.6 Å². The molecule has 0 aliphatic carbocycles. The number of pyridine rings is 1. The molecular formula is C19H32N6O. The SMILES string of the molecule is CCCN1CCC(NC(=NC)NCCC(=O)Nc2cccc(C)n2)CC1. The number of nitrogens with zero attached hydrogens (tertiary/aromatic N) is 3. The second-order valence-corrected chi connectivity index (χ2v) is 6.72. The molecule has 1 aliphatic rings. The molecule has 26 heavy (non-hydrogen) atoms. The Morgan fingerprint density at radius 3 is 2.77 bits per heavy atom. The molecule has 7 heteroatoms. The summed E-state index contributed by atoms with van der Waals surface area (Å²) in [5, 5.41) is 9.51. The molecule has 0 aromatic carbocycles. The Balaban J connectivity index is 1.66. The number of guanidine groups is 1. The van der Waals surface area contributed by atoms with Crippen molar-refractivity contribution >= 4 is 17.7 Å². The molecule has 0 saturated carbocycles. The Labute approximate surface area is 156 Å². The summed E-state index contributed by atoms with van der Waals surface area (Å²) in [7, 11) is 1.76. The second kappa shape index (κ2) is 10.8. The van der Waals surface area contributed by atoms with Crippen LogP contribution in [0.15, 0.2) is 23.2 Å². The van der Waals surface area contributed by atoms with Crippen LogP contribution < -0.4 is 16.0 Å². The lowest BCUT2D eigenvalue weighted by Crippen LogP contribution is -2.49. The zero-order valence-corrected chi connectivity index (χ0v) is 16.2. The second-order valence-electron chi connectivity index (χ2n) is 6.72. The maximum Gasteiger partial charge on any atom is 0.227 e. The van der Waals surface area contributed by atoms with Crippen molar-refractivity contribution in [2.75, 3.05) is 38.5 Å². The van der Waals surface area contributed by atoms with Gasteiger partial charge in [-0.15, -0.1) is 0 Å². The lowest BCUT2D eigenvalue weighted by molar-refractivity contribution is -0.116. The summed E-state index contributed by atoms with van der Waals surface area (Å²) in [4.78, 5) is 23.1. The van der Waals surface area contributed by atoms with Crippen molar-refractivity contribution in [1.82, 2.24) is 20.5 Å². The first kappa shape index (κ1) is 20.2. The predicted molar refractivity (Wildman–Crippen MR) is 106 cm³/mol. The minimum absolute atomic E-state index is 0.0565. The number of carbonyl (C=O) groups is 1. The van der Waals surface area contributed by atoms with Crippen LogP contribution in [0.3, 0.4) is 0 Å². The average molecular weight is 361 g/mol. The van der Waals surface area contributed by atoms with Gasteiger partial charge in [-0.25, -0.2) is 4.98 Å². The molecule has 1 fully saturated rings. The van der Waals surface area contributed by atoms with Crippen LogP contribution in [0, 0.1) is 6.92 Å². The van der Waals surface area contributed by atoms with E-state index in [1.54, 1.807) is 13.1 Å². The number of likely N-dealkylation sites (tertiary alicyclic amines) is 1. The number of aliphatic imine (C=N–C) groups is 1. The monoisotopic (exact) mass is 360 g/mol. The summed E-state index contributed by atoms with van der Waals surface area (Å²) in [6, 6.07) is 6.02. The van der Waals surface area contributed by atoms with Gasteiger partial charge in [-0.05, 0) is 44.9 Å². The Bertz CT molecular complexity index is 595. The van der Waals surface area contributed by atoms with Crippen LogP contribution >= 0.6 is 0 Å². The first-order valence-electron chi connectivity index (χ1n) is 9.53. The number of piperidine rings is 1. The molecule has 0 atom stereocenters. The van der Waals surface area contributed by atoms with Gasteiger partial charge in [0, 0.05) is 44.8 Å². The number of aromatic nitrogens is 1. The Morgan fingerprint density at radius 2 is 2.12 bits per heavy atom. The van der Waals surface area contributed by atoms with Gasteiger partial charge < -0.3 is 20.9 Å². The highest BCUT2D eigenvalue weighted by atomic mass is 16.1. The van der Waals surface area contributed by atoms with Gasteiger partial charge in [-0.3, -0.25) is 9.79 Å². The molecule has 0 bridgehead atoms. The predicted octanol–water partition coefficient (Wildman–Crippen LogP) is 1.76. The number of amides is 1. The zero-order valence-electron chi connectivity index (χ0n) is 16.2. The molecule has 1 aliphatic heterocycles. The molecule has 0 spiro atoms. The fraction of sp³-hybridized carbons (Fsp3) is 0.632. The fourth-order valence-corrected chi connectivity index (χ4v) is 3.12. The van der Waals surface area contributed by atoms with Crippen molar-refractivity contribution in [2.45, 2.75) is 45.6 Å². The number of hydrogen-bond donors (Lipinski definition) is 3. The molecule has 1 amide bonds. The standard InChI is InChI=1S/C19H32N6O/c1-4-12-25-13-9-16(10-14-25)23-19(20-3)21-11-8-18(26)24-17-7-5-6-15(2)22-17/h5-7,16H,4,8-14H2,1-3H3,(H2,20,21,23)(H,22,24,26). The summed E-state index contributed by atoms with van der Waals surface area (Å²) < 4.78 is 0. The molecule has 3 N–H and O–H groups in total.